The molecule has 1 fully saturated rings. The maximum absolute atomic E-state index is 9.40. The van der Waals surface area contributed by atoms with Crippen LogP contribution in [0.25, 0.3) is 0 Å². The van der Waals surface area contributed by atoms with E-state index in [0.29, 0.717) is 0 Å². The fraction of sp³-hybridized carbons (Fsp3) is 0.235. The molecule has 1 aliphatic rings. The van der Waals surface area contributed by atoms with Gasteiger partial charge in [0.1, 0.15) is 5.75 Å². The van der Waals surface area contributed by atoms with Crippen LogP contribution >= 0.6 is 0 Å². The lowest BCUT2D eigenvalue weighted by Gasteiger charge is -2.28. The van der Waals surface area contributed by atoms with Crippen molar-refractivity contribution in [3.8, 4) is 5.75 Å². The van der Waals surface area contributed by atoms with Crippen LogP contribution in [0.5, 0.6) is 5.75 Å². The molecule has 0 radical (unpaired) electrons. The average molecular weight is 282 g/mol. The average Bonchev–Trinajstić information content (AvgIpc) is 2.54. The summed E-state index contributed by atoms with van der Waals surface area (Å²) < 4.78 is 5.36. The second-order valence-electron chi connectivity index (χ2n) is 4.97. The molecule has 0 atom stereocenters. The third kappa shape index (κ3) is 3.61. The van der Waals surface area contributed by atoms with Gasteiger partial charge in [-0.2, -0.15) is 0 Å². The van der Waals surface area contributed by atoms with Crippen LogP contribution in [0.4, 0.5) is 11.4 Å². The molecule has 2 aromatic rings. The maximum Gasteiger partial charge on any atom is 0.117 e. The van der Waals surface area contributed by atoms with E-state index in [2.05, 4.69) is 34.2 Å². The van der Waals surface area contributed by atoms with Crippen molar-refractivity contribution in [1.82, 2.24) is 0 Å². The normalized spacial score (nSPS) is 15.5. The van der Waals surface area contributed by atoms with Crippen LogP contribution in [0.3, 0.4) is 0 Å². The predicted octanol–water partition coefficient (Wildman–Crippen LogP) is 2.98. The molecule has 0 saturated carbocycles. The van der Waals surface area contributed by atoms with Gasteiger partial charge in [0.2, 0.25) is 0 Å². The highest BCUT2D eigenvalue weighted by molar-refractivity contribution is 5.82. The van der Waals surface area contributed by atoms with Gasteiger partial charge in [0, 0.05) is 31.1 Å². The Kier molecular flexibility index (Phi) is 4.17. The second-order valence-corrected chi connectivity index (χ2v) is 4.97. The summed E-state index contributed by atoms with van der Waals surface area (Å²) >= 11 is 0. The first-order chi connectivity index (χ1) is 10.3. The number of anilines is 1. The van der Waals surface area contributed by atoms with Crippen molar-refractivity contribution in [2.75, 3.05) is 31.2 Å². The van der Waals surface area contributed by atoms with Gasteiger partial charge in [-0.25, -0.2) is 0 Å². The summed E-state index contributed by atoms with van der Waals surface area (Å²) in [5.74, 6) is 0.229. The molecule has 0 bridgehead atoms. The molecule has 4 nitrogen and oxygen atoms in total. The number of morpholine rings is 1. The Hall–Kier alpha value is -2.33. The third-order valence-electron chi connectivity index (χ3n) is 3.46. The number of rotatable bonds is 3. The fourth-order valence-corrected chi connectivity index (χ4v) is 2.32. The van der Waals surface area contributed by atoms with E-state index in [4.69, 9.17) is 4.74 Å². The SMILES string of the molecule is Oc1cccc(N=Cc2ccc(N3CCOCC3)cc2)c1. The van der Waals surface area contributed by atoms with E-state index in [1.165, 1.54) is 5.69 Å². The molecule has 3 rings (SSSR count). The Labute approximate surface area is 124 Å². The van der Waals surface area contributed by atoms with Crippen LogP contribution < -0.4 is 4.90 Å². The van der Waals surface area contributed by atoms with Crippen molar-refractivity contribution in [3.63, 3.8) is 0 Å². The summed E-state index contributed by atoms with van der Waals surface area (Å²) in [6.45, 7) is 3.47. The van der Waals surface area contributed by atoms with Crippen molar-refractivity contribution in [1.29, 1.82) is 0 Å². The van der Waals surface area contributed by atoms with Crippen LogP contribution in [0.1, 0.15) is 5.56 Å². The molecular formula is C17H18N2O2. The minimum Gasteiger partial charge on any atom is -0.508 e. The van der Waals surface area contributed by atoms with Gasteiger partial charge >= 0.3 is 0 Å². The number of ether oxygens (including phenoxy) is 1. The summed E-state index contributed by atoms with van der Waals surface area (Å²) in [5, 5.41) is 9.40. The van der Waals surface area contributed by atoms with Gasteiger partial charge in [-0.05, 0) is 29.8 Å². The zero-order valence-electron chi connectivity index (χ0n) is 11.8. The van der Waals surface area contributed by atoms with E-state index in [0.717, 1.165) is 37.6 Å². The number of nitrogens with zero attached hydrogens (tertiary/aromatic N) is 2. The quantitative estimate of drug-likeness (QED) is 0.880. The lowest BCUT2D eigenvalue weighted by molar-refractivity contribution is 0.122. The maximum atomic E-state index is 9.40. The van der Waals surface area contributed by atoms with E-state index in [9.17, 15) is 5.11 Å². The van der Waals surface area contributed by atoms with E-state index < -0.39 is 0 Å². The Morgan fingerprint density at radius 3 is 2.52 bits per heavy atom. The van der Waals surface area contributed by atoms with Crippen LogP contribution in [0.2, 0.25) is 0 Å². The topological polar surface area (TPSA) is 45.1 Å². The van der Waals surface area contributed by atoms with Crippen LogP contribution in [-0.2, 0) is 4.74 Å². The van der Waals surface area contributed by atoms with Gasteiger partial charge in [0.25, 0.3) is 0 Å². The van der Waals surface area contributed by atoms with Crippen molar-refractivity contribution in [2.24, 2.45) is 4.99 Å². The largest absolute Gasteiger partial charge is 0.508 e. The minimum atomic E-state index is 0.229. The van der Waals surface area contributed by atoms with Gasteiger partial charge < -0.3 is 14.7 Å². The lowest BCUT2D eigenvalue weighted by atomic mass is 10.2. The zero-order chi connectivity index (χ0) is 14.5. The molecule has 1 saturated heterocycles. The smallest absolute Gasteiger partial charge is 0.117 e. The van der Waals surface area contributed by atoms with Crippen molar-refractivity contribution in [3.05, 3.63) is 54.1 Å². The molecule has 1 aliphatic heterocycles. The number of hydrogen-bond donors (Lipinski definition) is 1. The first-order valence-corrected chi connectivity index (χ1v) is 7.07. The summed E-state index contributed by atoms with van der Waals surface area (Å²) in [6.07, 6.45) is 1.80. The van der Waals surface area contributed by atoms with Crippen LogP contribution in [0.15, 0.2) is 53.5 Å². The molecule has 4 heteroatoms. The van der Waals surface area contributed by atoms with Crippen LogP contribution in [-0.4, -0.2) is 37.6 Å². The number of aliphatic imine (C=N–C) groups is 1. The molecule has 108 valence electrons. The molecular weight excluding hydrogens is 264 g/mol. The monoisotopic (exact) mass is 282 g/mol. The number of phenolic OH excluding ortho intramolecular Hbond substituents is 1. The highest BCUT2D eigenvalue weighted by atomic mass is 16.5. The van der Waals surface area contributed by atoms with Gasteiger partial charge in [-0.1, -0.05) is 18.2 Å². The van der Waals surface area contributed by atoms with Gasteiger partial charge in [0.05, 0.1) is 18.9 Å². The van der Waals surface area contributed by atoms with Crippen molar-refractivity contribution >= 4 is 17.6 Å². The van der Waals surface area contributed by atoms with Crippen molar-refractivity contribution in [2.45, 2.75) is 0 Å². The molecule has 0 amide bonds. The molecule has 1 heterocycles. The standard InChI is InChI=1S/C17H18N2O2/c20-17-3-1-2-15(12-17)18-13-14-4-6-16(7-5-14)19-8-10-21-11-9-19/h1-7,12-13,20H,8-11H2. The van der Waals surface area contributed by atoms with Gasteiger partial charge in [-0.15, -0.1) is 0 Å². The van der Waals surface area contributed by atoms with Crippen LogP contribution in [0, 0.1) is 0 Å². The third-order valence-corrected chi connectivity index (χ3v) is 3.46. The van der Waals surface area contributed by atoms with Crippen molar-refractivity contribution < 1.29 is 9.84 Å². The molecule has 0 aliphatic carbocycles. The Bertz CT molecular complexity index is 617. The Balaban J connectivity index is 1.69. The molecule has 0 unspecified atom stereocenters. The minimum absolute atomic E-state index is 0.229. The summed E-state index contributed by atoms with van der Waals surface area (Å²) in [7, 11) is 0. The zero-order valence-corrected chi connectivity index (χ0v) is 11.8. The first kappa shape index (κ1) is 13.6. The van der Waals surface area contributed by atoms with Gasteiger partial charge in [-0.3, -0.25) is 4.99 Å². The van der Waals surface area contributed by atoms with E-state index >= 15 is 0 Å². The second kappa shape index (κ2) is 6.41. The molecule has 2 aromatic carbocycles. The fourth-order valence-electron chi connectivity index (χ4n) is 2.32. The molecule has 0 spiro atoms. The highest BCUT2D eigenvalue weighted by Gasteiger charge is 2.10. The highest BCUT2D eigenvalue weighted by Crippen LogP contribution is 2.19. The first-order valence-electron chi connectivity index (χ1n) is 7.07. The number of phenols is 1. The lowest BCUT2D eigenvalue weighted by Crippen LogP contribution is -2.36. The Morgan fingerprint density at radius 1 is 1.05 bits per heavy atom. The predicted molar refractivity (Wildman–Crippen MR) is 84.8 cm³/mol. The van der Waals surface area contributed by atoms with E-state index in [1.54, 1.807) is 24.4 Å². The number of aromatic hydroxyl groups is 1. The Morgan fingerprint density at radius 2 is 1.81 bits per heavy atom. The molecule has 1 N–H and O–H groups in total. The number of benzene rings is 2. The van der Waals surface area contributed by atoms with E-state index in [1.807, 2.05) is 6.07 Å². The molecule has 21 heavy (non-hydrogen) atoms. The molecule has 0 aromatic heterocycles. The van der Waals surface area contributed by atoms with Gasteiger partial charge in [0.15, 0.2) is 0 Å². The number of hydrogen-bond acceptors (Lipinski definition) is 4. The summed E-state index contributed by atoms with van der Waals surface area (Å²) in [6, 6.07) is 15.2. The summed E-state index contributed by atoms with van der Waals surface area (Å²) in [4.78, 5) is 6.68. The van der Waals surface area contributed by atoms with E-state index in [-0.39, 0.29) is 5.75 Å². The summed E-state index contributed by atoms with van der Waals surface area (Å²) in [5.41, 5.74) is 3.00.